The predicted octanol–water partition coefficient (Wildman–Crippen LogP) is 2.52. The van der Waals surface area contributed by atoms with Gasteiger partial charge in [-0.1, -0.05) is 25.6 Å². The maximum atomic E-state index is 12.0. The van der Waals surface area contributed by atoms with Crippen LogP contribution < -0.4 is 11.1 Å². The number of aromatic nitrogens is 1. The summed E-state index contributed by atoms with van der Waals surface area (Å²) in [7, 11) is 0. The standard InChI is InChI=1S/C13H14N4O4S2/c1-6(2)10(11(18)16-12(14)19)23-13-15-8-4-3-7(17(20)21)5-9(8)22-13/h3-6,10H,1-2H3,(H3,14,16,18,19)/t10-/m0/s1. The molecule has 0 radical (unpaired) electrons. The summed E-state index contributed by atoms with van der Waals surface area (Å²) < 4.78 is 1.26. The fraction of sp³-hybridized carbons (Fsp3) is 0.308. The average Bonchev–Trinajstić information content (AvgIpc) is 2.84. The van der Waals surface area contributed by atoms with Crippen molar-refractivity contribution in [3.05, 3.63) is 28.3 Å². The molecule has 10 heteroatoms. The van der Waals surface area contributed by atoms with Crippen molar-refractivity contribution in [1.29, 1.82) is 0 Å². The molecule has 0 aliphatic carbocycles. The van der Waals surface area contributed by atoms with Gasteiger partial charge in [-0.05, 0) is 12.0 Å². The number of amides is 3. The fourth-order valence-corrected chi connectivity index (χ4v) is 4.16. The van der Waals surface area contributed by atoms with Crippen LogP contribution in [0.4, 0.5) is 10.5 Å². The number of non-ortho nitro benzene ring substituents is 1. The number of nitrogens with two attached hydrogens (primary N) is 1. The van der Waals surface area contributed by atoms with E-state index in [0.29, 0.717) is 14.6 Å². The summed E-state index contributed by atoms with van der Waals surface area (Å²) in [6.07, 6.45) is 0. The number of urea groups is 1. The number of thioether (sulfide) groups is 1. The summed E-state index contributed by atoms with van der Waals surface area (Å²) in [6, 6.07) is 3.50. The van der Waals surface area contributed by atoms with Gasteiger partial charge in [-0.3, -0.25) is 20.2 Å². The van der Waals surface area contributed by atoms with E-state index in [1.165, 1.54) is 35.2 Å². The third-order valence-electron chi connectivity index (χ3n) is 2.90. The van der Waals surface area contributed by atoms with E-state index in [4.69, 9.17) is 5.73 Å². The maximum absolute atomic E-state index is 12.0. The molecule has 8 nitrogen and oxygen atoms in total. The Balaban J connectivity index is 2.26. The highest BCUT2D eigenvalue weighted by Gasteiger charge is 2.26. The smallest absolute Gasteiger partial charge is 0.318 e. The van der Waals surface area contributed by atoms with E-state index >= 15 is 0 Å². The minimum atomic E-state index is -0.902. The zero-order chi connectivity index (χ0) is 17.1. The zero-order valence-corrected chi connectivity index (χ0v) is 13.9. The monoisotopic (exact) mass is 354 g/mol. The Morgan fingerprint density at radius 1 is 1.43 bits per heavy atom. The number of imide groups is 1. The normalized spacial score (nSPS) is 12.3. The number of thiazole rings is 1. The molecule has 1 heterocycles. The van der Waals surface area contributed by atoms with E-state index in [-0.39, 0.29) is 11.6 Å². The molecule has 2 rings (SSSR count). The highest BCUT2D eigenvalue weighted by Crippen LogP contribution is 2.35. The van der Waals surface area contributed by atoms with Crippen LogP contribution in [0.25, 0.3) is 10.2 Å². The van der Waals surface area contributed by atoms with Crippen molar-refractivity contribution in [1.82, 2.24) is 10.3 Å². The van der Waals surface area contributed by atoms with Gasteiger partial charge in [0.1, 0.15) is 0 Å². The van der Waals surface area contributed by atoms with Crippen molar-refractivity contribution in [2.45, 2.75) is 23.4 Å². The van der Waals surface area contributed by atoms with Crippen LogP contribution in [0.1, 0.15) is 13.8 Å². The third kappa shape index (κ3) is 4.17. The van der Waals surface area contributed by atoms with Gasteiger partial charge in [0.25, 0.3) is 5.69 Å². The predicted molar refractivity (Wildman–Crippen MR) is 88.5 cm³/mol. The molecule has 122 valence electrons. The molecule has 0 aliphatic rings. The van der Waals surface area contributed by atoms with Gasteiger partial charge in [-0.25, -0.2) is 9.78 Å². The third-order valence-corrected chi connectivity index (χ3v) is 5.56. The average molecular weight is 354 g/mol. The van der Waals surface area contributed by atoms with Crippen LogP contribution in [0, 0.1) is 16.0 Å². The number of carbonyl (C=O) groups excluding carboxylic acids is 2. The Hall–Kier alpha value is -2.20. The Labute approximate surface area is 139 Å². The van der Waals surface area contributed by atoms with Crippen molar-refractivity contribution in [3.8, 4) is 0 Å². The number of carbonyl (C=O) groups is 2. The topological polar surface area (TPSA) is 128 Å². The van der Waals surface area contributed by atoms with Crippen LogP contribution in [-0.2, 0) is 4.79 Å². The molecule has 0 saturated carbocycles. The number of nitro groups is 1. The van der Waals surface area contributed by atoms with Gasteiger partial charge >= 0.3 is 6.03 Å². The first-order chi connectivity index (χ1) is 10.8. The quantitative estimate of drug-likeness (QED) is 0.482. The second-order valence-electron chi connectivity index (χ2n) is 5.02. The first kappa shape index (κ1) is 17.2. The van der Waals surface area contributed by atoms with E-state index in [2.05, 4.69) is 10.3 Å². The van der Waals surface area contributed by atoms with Gasteiger partial charge in [0, 0.05) is 12.1 Å². The van der Waals surface area contributed by atoms with E-state index < -0.39 is 22.1 Å². The largest absolute Gasteiger partial charge is 0.351 e. The zero-order valence-electron chi connectivity index (χ0n) is 12.3. The molecule has 1 atom stereocenters. The number of nitrogens with zero attached hydrogens (tertiary/aromatic N) is 2. The van der Waals surface area contributed by atoms with Crippen molar-refractivity contribution in [3.63, 3.8) is 0 Å². The van der Waals surface area contributed by atoms with Crippen LogP contribution in [0.3, 0.4) is 0 Å². The summed E-state index contributed by atoms with van der Waals surface area (Å²) >= 11 is 2.47. The molecule has 1 aromatic carbocycles. The van der Waals surface area contributed by atoms with Crippen molar-refractivity contribution in [2.75, 3.05) is 0 Å². The first-order valence-corrected chi connectivity index (χ1v) is 8.29. The van der Waals surface area contributed by atoms with Crippen LogP contribution in [0.15, 0.2) is 22.5 Å². The van der Waals surface area contributed by atoms with E-state index in [0.717, 1.165) is 0 Å². The number of benzene rings is 1. The second-order valence-corrected chi connectivity index (χ2v) is 7.44. The summed E-state index contributed by atoms with van der Waals surface area (Å²) in [6.45, 7) is 3.69. The van der Waals surface area contributed by atoms with Gasteiger partial charge in [0.05, 0.1) is 20.4 Å². The minimum Gasteiger partial charge on any atom is -0.351 e. The number of rotatable bonds is 5. The van der Waals surface area contributed by atoms with Gasteiger partial charge in [0.2, 0.25) is 5.91 Å². The molecule has 23 heavy (non-hydrogen) atoms. The molecule has 0 aliphatic heterocycles. The lowest BCUT2D eigenvalue weighted by Gasteiger charge is -2.17. The molecule has 1 aromatic heterocycles. The van der Waals surface area contributed by atoms with Crippen LogP contribution >= 0.6 is 23.1 Å². The van der Waals surface area contributed by atoms with Crippen molar-refractivity contribution >= 4 is 50.9 Å². The highest BCUT2D eigenvalue weighted by molar-refractivity contribution is 8.02. The Morgan fingerprint density at radius 3 is 2.70 bits per heavy atom. The summed E-state index contributed by atoms with van der Waals surface area (Å²) in [5, 5.41) is 12.3. The fourth-order valence-electron chi connectivity index (χ4n) is 1.85. The molecule has 3 amide bonds. The van der Waals surface area contributed by atoms with E-state index in [9.17, 15) is 19.7 Å². The Morgan fingerprint density at radius 2 is 2.13 bits per heavy atom. The molecule has 0 fully saturated rings. The SMILES string of the molecule is CC(C)[C@H](Sc1nc2ccc([N+](=O)[O-])cc2s1)C(=O)NC(N)=O. The lowest BCUT2D eigenvalue weighted by atomic mass is 10.1. The molecule has 3 N–H and O–H groups in total. The Kier molecular flexibility index (Phi) is 5.16. The minimum absolute atomic E-state index is 0.00965. The Bertz CT molecular complexity index is 774. The number of fused-ring (bicyclic) bond motifs is 1. The van der Waals surface area contributed by atoms with Crippen LogP contribution in [0.2, 0.25) is 0 Å². The molecule has 0 bridgehead atoms. The number of nitrogens with one attached hydrogen (secondary N) is 1. The summed E-state index contributed by atoms with van der Waals surface area (Å²) in [5.74, 6) is -0.538. The molecule has 2 aromatic rings. The lowest BCUT2D eigenvalue weighted by molar-refractivity contribution is -0.384. The molecule has 0 unspecified atom stereocenters. The summed E-state index contributed by atoms with van der Waals surface area (Å²) in [4.78, 5) is 37.5. The number of primary amides is 1. The summed E-state index contributed by atoms with van der Waals surface area (Å²) in [5.41, 5.74) is 5.59. The van der Waals surface area contributed by atoms with Crippen LogP contribution in [-0.4, -0.2) is 27.1 Å². The van der Waals surface area contributed by atoms with Gasteiger partial charge in [-0.15, -0.1) is 11.3 Å². The molecule has 0 spiro atoms. The maximum Gasteiger partial charge on any atom is 0.318 e. The van der Waals surface area contributed by atoms with Gasteiger partial charge < -0.3 is 5.73 Å². The van der Waals surface area contributed by atoms with E-state index in [1.54, 1.807) is 6.07 Å². The number of hydrogen-bond donors (Lipinski definition) is 2. The van der Waals surface area contributed by atoms with Gasteiger partial charge in [-0.2, -0.15) is 0 Å². The molecular weight excluding hydrogens is 340 g/mol. The van der Waals surface area contributed by atoms with Crippen LogP contribution in [0.5, 0.6) is 0 Å². The highest BCUT2D eigenvalue weighted by atomic mass is 32.2. The van der Waals surface area contributed by atoms with E-state index in [1.807, 2.05) is 13.8 Å². The molecule has 0 saturated heterocycles. The lowest BCUT2D eigenvalue weighted by Crippen LogP contribution is -2.42. The number of nitro benzene ring substituents is 1. The number of hydrogen-bond acceptors (Lipinski definition) is 7. The first-order valence-electron chi connectivity index (χ1n) is 6.60. The second kappa shape index (κ2) is 6.92. The van der Waals surface area contributed by atoms with Crippen molar-refractivity contribution in [2.24, 2.45) is 11.7 Å². The molecular formula is C13H14N4O4S2. The van der Waals surface area contributed by atoms with Gasteiger partial charge in [0.15, 0.2) is 4.34 Å². The van der Waals surface area contributed by atoms with Crippen molar-refractivity contribution < 1.29 is 14.5 Å².